The third kappa shape index (κ3) is 7.78. The highest BCUT2D eigenvalue weighted by molar-refractivity contribution is 5.96. The maximum Gasteiger partial charge on any atom is 0.314 e. The van der Waals surface area contributed by atoms with Gasteiger partial charge in [0.1, 0.15) is 12.2 Å². The van der Waals surface area contributed by atoms with Crippen LogP contribution in [0.4, 0.5) is 0 Å². The van der Waals surface area contributed by atoms with Gasteiger partial charge in [-0.2, -0.15) is 0 Å². The fourth-order valence-electron chi connectivity index (χ4n) is 9.96. The van der Waals surface area contributed by atoms with E-state index in [0.29, 0.717) is 57.8 Å². The first-order valence-corrected chi connectivity index (χ1v) is 19.1. The molecule has 0 amide bonds. The van der Waals surface area contributed by atoms with Gasteiger partial charge in [-0.1, -0.05) is 53.9 Å². The van der Waals surface area contributed by atoms with Crippen molar-refractivity contribution in [3.63, 3.8) is 0 Å². The first-order chi connectivity index (χ1) is 23.4. The molecular weight excluding hydrogens is 632 g/mol. The summed E-state index contributed by atoms with van der Waals surface area (Å²) >= 11 is 0. The first kappa shape index (κ1) is 38.7. The van der Waals surface area contributed by atoms with Crippen LogP contribution in [0.1, 0.15) is 133 Å². The maximum atomic E-state index is 14.9. The fourth-order valence-corrected chi connectivity index (χ4v) is 9.96. The fraction of sp³-hybridized carbons (Fsp3) is 0.738. The summed E-state index contributed by atoms with van der Waals surface area (Å²) in [6, 6.07) is 0. The van der Waals surface area contributed by atoms with E-state index in [2.05, 4.69) is 46.8 Å². The molecule has 2 aliphatic carbocycles. The van der Waals surface area contributed by atoms with Crippen molar-refractivity contribution in [2.24, 2.45) is 29.1 Å². The minimum absolute atomic E-state index is 0.0208. The highest BCUT2D eigenvalue weighted by atomic mass is 16.6. The van der Waals surface area contributed by atoms with Crippen LogP contribution >= 0.6 is 0 Å². The van der Waals surface area contributed by atoms with Crippen molar-refractivity contribution in [1.29, 1.82) is 0 Å². The lowest BCUT2D eigenvalue weighted by atomic mass is 9.53. The second-order valence-electron chi connectivity index (χ2n) is 17.3. The van der Waals surface area contributed by atoms with E-state index in [1.54, 1.807) is 6.08 Å². The van der Waals surface area contributed by atoms with E-state index in [1.165, 1.54) is 6.92 Å². The standard InChI is InChI=1S/C42H62O8/c1-24(2)37-34(48-29(7)43)21-26(4)12-10-11-25(3)19-30(44)23-42-32-20-27(5)13-14-35-41(9,47)18-16-36(49-35)40(8,46)17-15-31(32)28(6)22-33(42)38(37)50-39(42)45/h12,19-20,24,32-38,46-47H,10-11,13-18,21-23H2,1-9H3/b25-19-,26-12+,27-20+/t32-,33-,34-,35+,36-,37-,38-,40+,41-,42-/m0/s1. The number of ether oxygens (including phenoxy) is 3. The van der Waals surface area contributed by atoms with Gasteiger partial charge < -0.3 is 24.4 Å². The van der Waals surface area contributed by atoms with E-state index < -0.39 is 47.0 Å². The molecule has 8 heteroatoms. The van der Waals surface area contributed by atoms with Crippen molar-refractivity contribution in [2.45, 2.75) is 169 Å². The molecule has 0 spiro atoms. The lowest BCUT2D eigenvalue weighted by molar-refractivity contribution is -0.216. The van der Waals surface area contributed by atoms with Crippen molar-refractivity contribution in [1.82, 2.24) is 0 Å². The molecule has 5 rings (SSSR count). The molecule has 5 aliphatic rings. The quantitative estimate of drug-likeness (QED) is 0.223. The average molecular weight is 695 g/mol. The van der Waals surface area contributed by atoms with Gasteiger partial charge in [0.25, 0.3) is 0 Å². The SMILES string of the molecule is CC(=O)O[C@H]1C/C(C)=C/CC/C(C)=C\C(=O)C[C@@]23C(=O)O[C@H]([C@H]1C(C)C)[C@@H]2CC(C)=C1CC[C@@](C)(O)[C@@H]2CC[C@](C)(O)[C@@H](CC/C(C)=C/[C@@H]13)O2. The third-order valence-electron chi connectivity index (χ3n) is 12.8. The van der Waals surface area contributed by atoms with Crippen molar-refractivity contribution in [3.05, 3.63) is 46.1 Å². The van der Waals surface area contributed by atoms with E-state index in [4.69, 9.17) is 14.2 Å². The van der Waals surface area contributed by atoms with Gasteiger partial charge in [0.2, 0.25) is 0 Å². The predicted molar refractivity (Wildman–Crippen MR) is 193 cm³/mol. The zero-order valence-corrected chi connectivity index (χ0v) is 32.0. The molecule has 10 atom stereocenters. The molecule has 0 saturated carbocycles. The zero-order valence-electron chi connectivity index (χ0n) is 32.0. The van der Waals surface area contributed by atoms with Crippen LogP contribution < -0.4 is 0 Å². The Balaban J connectivity index is 1.70. The van der Waals surface area contributed by atoms with Gasteiger partial charge in [-0.25, -0.2) is 0 Å². The first-order valence-electron chi connectivity index (χ1n) is 19.1. The summed E-state index contributed by atoms with van der Waals surface area (Å²) in [6.07, 6.45) is 10.1. The number of rotatable bonds is 2. The second kappa shape index (κ2) is 14.8. The molecule has 2 fully saturated rings. The maximum absolute atomic E-state index is 14.9. The molecule has 0 aromatic heterocycles. The number of carbonyl (C=O) groups is 3. The van der Waals surface area contributed by atoms with Crippen molar-refractivity contribution in [2.75, 3.05) is 0 Å². The molecule has 3 aliphatic heterocycles. The minimum atomic E-state index is -1.16. The molecule has 2 N–H and O–H groups in total. The normalized spacial score (nSPS) is 43.7. The van der Waals surface area contributed by atoms with E-state index in [1.807, 2.05) is 20.8 Å². The summed E-state index contributed by atoms with van der Waals surface area (Å²) in [5.41, 5.74) is 2.06. The topological polar surface area (TPSA) is 119 Å². The summed E-state index contributed by atoms with van der Waals surface area (Å²) in [5, 5.41) is 23.2. The van der Waals surface area contributed by atoms with Crippen LogP contribution in [0.3, 0.4) is 0 Å². The molecule has 2 saturated heterocycles. The Morgan fingerprint density at radius 3 is 2.28 bits per heavy atom. The monoisotopic (exact) mass is 694 g/mol. The molecular formula is C42H62O8. The average Bonchev–Trinajstić information content (AvgIpc) is 3.25. The molecule has 8 nitrogen and oxygen atoms in total. The van der Waals surface area contributed by atoms with Crippen molar-refractivity contribution in [3.8, 4) is 0 Å². The van der Waals surface area contributed by atoms with E-state index in [0.717, 1.165) is 34.3 Å². The summed E-state index contributed by atoms with van der Waals surface area (Å²) < 4.78 is 19.1. The van der Waals surface area contributed by atoms with Gasteiger partial charge in [-0.15, -0.1) is 0 Å². The van der Waals surface area contributed by atoms with Gasteiger partial charge >= 0.3 is 11.9 Å². The number of carbonyl (C=O) groups excluding carboxylic acids is 3. The van der Waals surface area contributed by atoms with Crippen LogP contribution in [0.2, 0.25) is 0 Å². The summed E-state index contributed by atoms with van der Waals surface area (Å²) in [4.78, 5) is 41.6. The Hall–Kier alpha value is -2.55. The molecule has 278 valence electrons. The Bertz CT molecular complexity index is 1460. The summed E-state index contributed by atoms with van der Waals surface area (Å²) in [6.45, 7) is 17.5. The van der Waals surface area contributed by atoms with Crippen LogP contribution in [0.15, 0.2) is 46.1 Å². The largest absolute Gasteiger partial charge is 0.462 e. The molecule has 3 heterocycles. The molecule has 0 radical (unpaired) electrons. The highest BCUT2D eigenvalue weighted by Crippen LogP contribution is 2.61. The Kier molecular flexibility index (Phi) is 11.5. The number of esters is 2. The number of hydrogen-bond acceptors (Lipinski definition) is 8. The second-order valence-corrected chi connectivity index (χ2v) is 17.3. The lowest BCUT2D eigenvalue weighted by Crippen LogP contribution is -2.54. The van der Waals surface area contributed by atoms with Gasteiger partial charge in [-0.3, -0.25) is 14.4 Å². The lowest BCUT2D eigenvalue weighted by Gasteiger charge is -2.48. The molecule has 0 aromatic carbocycles. The number of aliphatic hydroxyl groups is 2. The Morgan fingerprint density at radius 1 is 0.920 bits per heavy atom. The minimum Gasteiger partial charge on any atom is -0.462 e. The number of hydrogen-bond donors (Lipinski definition) is 2. The van der Waals surface area contributed by atoms with Crippen LogP contribution in [0, 0.1) is 29.1 Å². The predicted octanol–water partition coefficient (Wildman–Crippen LogP) is 7.66. The van der Waals surface area contributed by atoms with Crippen molar-refractivity contribution >= 4 is 17.7 Å². The summed E-state index contributed by atoms with van der Waals surface area (Å²) in [7, 11) is 0. The Morgan fingerprint density at radius 2 is 1.60 bits per heavy atom. The summed E-state index contributed by atoms with van der Waals surface area (Å²) in [5.74, 6) is -1.79. The van der Waals surface area contributed by atoms with Crippen LogP contribution in [-0.2, 0) is 28.6 Å². The van der Waals surface area contributed by atoms with E-state index >= 15 is 0 Å². The number of ketones is 1. The number of allylic oxidation sites excluding steroid dienone is 7. The zero-order chi connectivity index (χ0) is 36.8. The smallest absolute Gasteiger partial charge is 0.314 e. The van der Waals surface area contributed by atoms with Crippen LogP contribution in [0.5, 0.6) is 0 Å². The van der Waals surface area contributed by atoms with Crippen LogP contribution in [-0.4, -0.2) is 63.6 Å². The van der Waals surface area contributed by atoms with Gasteiger partial charge in [0, 0.05) is 37.5 Å². The highest BCUT2D eigenvalue weighted by Gasteiger charge is 2.65. The molecule has 0 aromatic rings. The molecule has 0 unspecified atom stereocenters. The van der Waals surface area contributed by atoms with E-state index in [-0.39, 0.29) is 41.9 Å². The molecule has 50 heavy (non-hydrogen) atoms. The van der Waals surface area contributed by atoms with E-state index in [9.17, 15) is 24.6 Å². The van der Waals surface area contributed by atoms with Gasteiger partial charge in [-0.05, 0) is 111 Å². The van der Waals surface area contributed by atoms with Crippen molar-refractivity contribution < 1.29 is 38.8 Å². The molecule has 4 bridgehead atoms. The van der Waals surface area contributed by atoms with Gasteiger partial charge in [0.15, 0.2) is 5.78 Å². The van der Waals surface area contributed by atoms with Gasteiger partial charge in [0.05, 0.1) is 28.8 Å². The Labute approximate surface area is 299 Å². The van der Waals surface area contributed by atoms with Crippen LogP contribution in [0.25, 0.3) is 0 Å². The third-order valence-corrected chi connectivity index (χ3v) is 12.8. The number of fused-ring (bicyclic) bond motifs is 3.